The van der Waals surface area contributed by atoms with Crippen LogP contribution >= 0.6 is 0 Å². The van der Waals surface area contributed by atoms with Gasteiger partial charge in [-0.25, -0.2) is 9.37 Å². The first kappa shape index (κ1) is 14.5. The van der Waals surface area contributed by atoms with Gasteiger partial charge < -0.3 is 15.0 Å². The van der Waals surface area contributed by atoms with Crippen molar-refractivity contribution in [2.24, 2.45) is 0 Å². The van der Waals surface area contributed by atoms with Gasteiger partial charge >= 0.3 is 0 Å². The molecule has 1 aromatic carbocycles. The van der Waals surface area contributed by atoms with Crippen LogP contribution < -0.4 is 10.2 Å². The summed E-state index contributed by atoms with van der Waals surface area (Å²) in [6.45, 7) is 2.93. The molecule has 22 heavy (non-hydrogen) atoms. The Kier molecular flexibility index (Phi) is 4.29. The van der Waals surface area contributed by atoms with Gasteiger partial charge in [0.25, 0.3) is 5.91 Å². The zero-order valence-corrected chi connectivity index (χ0v) is 12.0. The van der Waals surface area contributed by atoms with Crippen molar-refractivity contribution in [3.63, 3.8) is 0 Å². The summed E-state index contributed by atoms with van der Waals surface area (Å²) >= 11 is 0. The van der Waals surface area contributed by atoms with Crippen molar-refractivity contribution in [3.05, 3.63) is 54.0 Å². The Bertz CT molecular complexity index is 655. The fraction of sp³-hybridized carbons (Fsp3) is 0.250. The summed E-state index contributed by atoms with van der Waals surface area (Å²) in [4.78, 5) is 18.5. The van der Waals surface area contributed by atoms with Gasteiger partial charge in [-0.1, -0.05) is 12.1 Å². The van der Waals surface area contributed by atoms with Crippen molar-refractivity contribution in [2.45, 2.75) is 0 Å². The van der Waals surface area contributed by atoms with Crippen molar-refractivity contribution in [2.75, 3.05) is 36.5 Å². The molecule has 2 aromatic rings. The number of pyridine rings is 1. The Balaban J connectivity index is 1.69. The van der Waals surface area contributed by atoms with Gasteiger partial charge in [0.2, 0.25) is 0 Å². The fourth-order valence-electron chi connectivity index (χ4n) is 2.26. The largest absolute Gasteiger partial charge is 0.378 e. The molecule has 1 aromatic heterocycles. The number of hydrogen-bond acceptors (Lipinski definition) is 4. The number of benzene rings is 1. The van der Waals surface area contributed by atoms with Crippen LogP contribution in [0.3, 0.4) is 0 Å². The first-order valence-corrected chi connectivity index (χ1v) is 7.09. The Hall–Kier alpha value is -2.47. The number of nitrogens with zero attached hydrogens (tertiary/aromatic N) is 2. The van der Waals surface area contributed by atoms with Gasteiger partial charge in [-0.15, -0.1) is 0 Å². The number of carbonyl (C=O) groups is 1. The maximum absolute atomic E-state index is 13.5. The number of ether oxygens (including phenoxy) is 1. The smallest absolute Gasteiger partial charge is 0.257 e. The highest BCUT2D eigenvalue weighted by Crippen LogP contribution is 2.16. The van der Waals surface area contributed by atoms with Gasteiger partial charge in [-0.3, -0.25) is 4.79 Å². The van der Waals surface area contributed by atoms with E-state index < -0.39 is 5.82 Å². The number of aromatic nitrogens is 1. The highest BCUT2D eigenvalue weighted by Gasteiger charge is 2.14. The lowest BCUT2D eigenvalue weighted by atomic mass is 10.2. The first-order chi connectivity index (χ1) is 10.7. The van der Waals surface area contributed by atoms with E-state index in [-0.39, 0.29) is 11.6 Å². The summed E-state index contributed by atoms with van der Waals surface area (Å²) in [6, 6.07) is 9.54. The molecular formula is C16H16FN3O2. The number of amides is 1. The van der Waals surface area contributed by atoms with Gasteiger partial charge in [0.05, 0.1) is 24.5 Å². The van der Waals surface area contributed by atoms with Crippen LogP contribution in [0.15, 0.2) is 42.6 Å². The molecule has 1 aliphatic heterocycles. The summed E-state index contributed by atoms with van der Waals surface area (Å²) in [7, 11) is 0. The van der Waals surface area contributed by atoms with E-state index in [9.17, 15) is 9.18 Å². The van der Waals surface area contributed by atoms with Crippen LogP contribution in [0.2, 0.25) is 0 Å². The van der Waals surface area contributed by atoms with E-state index in [1.807, 2.05) is 0 Å². The van der Waals surface area contributed by atoms with Crippen LogP contribution in [-0.4, -0.2) is 37.2 Å². The Morgan fingerprint density at radius 2 is 1.95 bits per heavy atom. The highest BCUT2D eigenvalue weighted by molar-refractivity contribution is 6.04. The van der Waals surface area contributed by atoms with Crippen molar-refractivity contribution >= 4 is 17.4 Å². The SMILES string of the molecule is O=C(Nc1ccccc1F)c1ccc(N2CCOCC2)nc1. The number of para-hydroxylation sites is 1. The number of morpholine rings is 1. The molecule has 0 bridgehead atoms. The molecule has 1 fully saturated rings. The lowest BCUT2D eigenvalue weighted by Gasteiger charge is -2.27. The topological polar surface area (TPSA) is 54.5 Å². The van der Waals surface area contributed by atoms with E-state index in [0.717, 1.165) is 18.9 Å². The zero-order chi connectivity index (χ0) is 15.4. The van der Waals surface area contributed by atoms with Crippen LogP contribution in [0, 0.1) is 5.82 Å². The number of anilines is 2. The Morgan fingerprint density at radius 1 is 1.18 bits per heavy atom. The highest BCUT2D eigenvalue weighted by atomic mass is 19.1. The van der Waals surface area contributed by atoms with Crippen molar-refractivity contribution in [3.8, 4) is 0 Å². The minimum absolute atomic E-state index is 0.157. The average molecular weight is 301 g/mol. The third kappa shape index (κ3) is 3.23. The van der Waals surface area contributed by atoms with E-state index in [1.165, 1.54) is 18.3 Å². The van der Waals surface area contributed by atoms with Crippen molar-refractivity contribution in [1.82, 2.24) is 4.98 Å². The molecule has 0 radical (unpaired) electrons. The van der Waals surface area contributed by atoms with Crippen LogP contribution in [0.25, 0.3) is 0 Å². The second kappa shape index (κ2) is 6.53. The molecule has 0 atom stereocenters. The summed E-state index contributed by atoms with van der Waals surface area (Å²) in [5, 5.41) is 2.54. The molecule has 0 saturated carbocycles. The quantitative estimate of drug-likeness (QED) is 0.945. The van der Waals surface area contributed by atoms with Gasteiger partial charge in [0, 0.05) is 19.3 Å². The second-order valence-corrected chi connectivity index (χ2v) is 4.94. The second-order valence-electron chi connectivity index (χ2n) is 4.94. The molecule has 0 unspecified atom stereocenters. The summed E-state index contributed by atoms with van der Waals surface area (Å²) in [5.74, 6) is -0.0365. The maximum atomic E-state index is 13.5. The molecule has 5 nitrogen and oxygen atoms in total. The number of carbonyl (C=O) groups excluding carboxylic acids is 1. The van der Waals surface area contributed by atoms with Crippen LogP contribution in [0.5, 0.6) is 0 Å². The summed E-state index contributed by atoms with van der Waals surface area (Å²) < 4.78 is 18.8. The fourth-order valence-corrected chi connectivity index (χ4v) is 2.26. The maximum Gasteiger partial charge on any atom is 0.257 e. The van der Waals surface area contributed by atoms with E-state index >= 15 is 0 Å². The van der Waals surface area contributed by atoms with Crippen molar-refractivity contribution in [1.29, 1.82) is 0 Å². The minimum Gasteiger partial charge on any atom is -0.378 e. The predicted octanol–water partition coefficient (Wildman–Crippen LogP) is 2.31. The molecule has 1 amide bonds. The monoisotopic (exact) mass is 301 g/mol. The molecule has 0 aliphatic carbocycles. The molecule has 1 saturated heterocycles. The van der Waals surface area contributed by atoms with E-state index in [2.05, 4.69) is 15.2 Å². The predicted molar refractivity (Wildman–Crippen MR) is 81.6 cm³/mol. The third-order valence-electron chi connectivity index (χ3n) is 3.47. The van der Waals surface area contributed by atoms with Crippen LogP contribution in [-0.2, 0) is 4.74 Å². The summed E-state index contributed by atoms with van der Waals surface area (Å²) in [6.07, 6.45) is 1.50. The summed E-state index contributed by atoms with van der Waals surface area (Å²) in [5.41, 5.74) is 0.546. The lowest BCUT2D eigenvalue weighted by Crippen LogP contribution is -2.36. The molecule has 2 heterocycles. The zero-order valence-electron chi connectivity index (χ0n) is 12.0. The normalized spacial score (nSPS) is 14.7. The van der Waals surface area contributed by atoms with Crippen LogP contribution in [0.1, 0.15) is 10.4 Å². The van der Waals surface area contributed by atoms with E-state index in [1.54, 1.807) is 24.3 Å². The standard InChI is InChI=1S/C16H16FN3O2/c17-13-3-1-2-4-14(13)19-16(21)12-5-6-15(18-11-12)20-7-9-22-10-8-20/h1-6,11H,7-10H2,(H,19,21). The molecule has 3 rings (SSSR count). The Labute approximate surface area is 127 Å². The van der Waals surface area contributed by atoms with Gasteiger partial charge in [-0.05, 0) is 24.3 Å². The van der Waals surface area contributed by atoms with Crippen LogP contribution in [0.4, 0.5) is 15.9 Å². The number of rotatable bonds is 3. The molecule has 1 aliphatic rings. The minimum atomic E-state index is -0.464. The first-order valence-electron chi connectivity index (χ1n) is 7.09. The van der Waals surface area contributed by atoms with Gasteiger partial charge in [0.1, 0.15) is 11.6 Å². The van der Waals surface area contributed by atoms with Crippen molar-refractivity contribution < 1.29 is 13.9 Å². The average Bonchev–Trinajstić information content (AvgIpc) is 2.58. The molecule has 1 N–H and O–H groups in total. The third-order valence-corrected chi connectivity index (χ3v) is 3.47. The van der Waals surface area contributed by atoms with Gasteiger partial charge in [-0.2, -0.15) is 0 Å². The lowest BCUT2D eigenvalue weighted by molar-refractivity contribution is 0.102. The molecule has 6 heteroatoms. The number of halogens is 1. The van der Waals surface area contributed by atoms with E-state index in [4.69, 9.17) is 4.74 Å². The molecular weight excluding hydrogens is 285 g/mol. The number of nitrogens with one attached hydrogen (secondary N) is 1. The Morgan fingerprint density at radius 3 is 2.64 bits per heavy atom. The molecule has 114 valence electrons. The molecule has 0 spiro atoms. The van der Waals surface area contributed by atoms with Gasteiger partial charge in [0.15, 0.2) is 0 Å². The number of hydrogen-bond donors (Lipinski definition) is 1. The van der Waals surface area contributed by atoms with E-state index in [0.29, 0.717) is 18.8 Å².